The number of rotatable bonds is 2. The molecule has 0 aliphatic carbocycles. The number of nitrogens with two attached hydrogens (primary N) is 1. The molecule has 0 aliphatic rings. The van der Waals surface area contributed by atoms with Gasteiger partial charge in [0.2, 0.25) is 0 Å². The topological polar surface area (TPSA) is 82.5 Å². The maximum Gasteiger partial charge on any atom is 0.174 e. The predicted octanol–water partition coefficient (Wildman–Crippen LogP) is 0.840. The SMILES string of the molecule is C[C@H](N)c1ncnn1-c1cnc(Br)cn1. The lowest BCUT2D eigenvalue weighted by atomic mass is 10.3. The van der Waals surface area contributed by atoms with Crippen LogP contribution in [0.15, 0.2) is 23.3 Å². The Bertz CT molecular complexity index is 448. The minimum Gasteiger partial charge on any atom is -0.322 e. The van der Waals surface area contributed by atoms with Crippen molar-refractivity contribution in [2.24, 2.45) is 5.73 Å². The van der Waals surface area contributed by atoms with Crippen LogP contribution >= 0.6 is 15.9 Å². The molecule has 0 radical (unpaired) electrons. The van der Waals surface area contributed by atoms with Crippen molar-refractivity contribution in [3.05, 3.63) is 29.1 Å². The fourth-order valence-electron chi connectivity index (χ4n) is 1.15. The van der Waals surface area contributed by atoms with Crippen LogP contribution in [-0.4, -0.2) is 24.7 Å². The molecule has 0 aromatic carbocycles. The molecule has 78 valence electrons. The first-order valence-corrected chi connectivity index (χ1v) is 5.11. The monoisotopic (exact) mass is 268 g/mol. The van der Waals surface area contributed by atoms with Crippen molar-refractivity contribution in [1.82, 2.24) is 24.7 Å². The van der Waals surface area contributed by atoms with Crippen LogP contribution in [0.25, 0.3) is 5.82 Å². The largest absolute Gasteiger partial charge is 0.322 e. The summed E-state index contributed by atoms with van der Waals surface area (Å²) < 4.78 is 2.25. The van der Waals surface area contributed by atoms with Crippen molar-refractivity contribution < 1.29 is 0 Å². The predicted molar refractivity (Wildman–Crippen MR) is 57.3 cm³/mol. The van der Waals surface area contributed by atoms with Gasteiger partial charge in [0.25, 0.3) is 0 Å². The molecule has 7 heteroatoms. The van der Waals surface area contributed by atoms with Gasteiger partial charge in [-0.3, -0.25) is 0 Å². The molecule has 0 amide bonds. The van der Waals surface area contributed by atoms with E-state index >= 15 is 0 Å². The van der Waals surface area contributed by atoms with Crippen LogP contribution in [0.4, 0.5) is 0 Å². The standard InChI is InChI=1S/C8H9BrN6/c1-5(10)8-13-4-14-15(8)7-3-11-6(9)2-12-7/h2-5H,10H2,1H3/t5-/m0/s1. The summed E-state index contributed by atoms with van der Waals surface area (Å²) in [4.78, 5) is 12.3. The summed E-state index contributed by atoms with van der Waals surface area (Å²) in [5.41, 5.74) is 5.75. The van der Waals surface area contributed by atoms with Gasteiger partial charge in [-0.05, 0) is 22.9 Å². The maximum atomic E-state index is 5.75. The van der Waals surface area contributed by atoms with Gasteiger partial charge in [-0.25, -0.2) is 15.0 Å². The van der Waals surface area contributed by atoms with Crippen molar-refractivity contribution in [3.8, 4) is 5.82 Å². The van der Waals surface area contributed by atoms with Crippen LogP contribution in [0.3, 0.4) is 0 Å². The second-order valence-corrected chi connectivity index (χ2v) is 3.83. The van der Waals surface area contributed by atoms with E-state index in [2.05, 4.69) is 36.0 Å². The molecule has 2 aromatic heterocycles. The van der Waals surface area contributed by atoms with E-state index in [-0.39, 0.29) is 6.04 Å². The Balaban J connectivity index is 2.45. The fraction of sp³-hybridized carbons (Fsp3) is 0.250. The van der Waals surface area contributed by atoms with Crippen molar-refractivity contribution in [2.45, 2.75) is 13.0 Å². The van der Waals surface area contributed by atoms with Crippen LogP contribution in [0.1, 0.15) is 18.8 Å². The molecule has 1 atom stereocenters. The Kier molecular flexibility index (Phi) is 2.74. The molecule has 2 heterocycles. The van der Waals surface area contributed by atoms with E-state index in [0.29, 0.717) is 16.2 Å². The summed E-state index contributed by atoms with van der Waals surface area (Å²) in [5, 5.41) is 4.05. The Hall–Kier alpha value is -1.34. The molecule has 0 aliphatic heterocycles. The second kappa shape index (κ2) is 4.03. The lowest BCUT2D eigenvalue weighted by Crippen LogP contribution is -2.14. The van der Waals surface area contributed by atoms with Crippen molar-refractivity contribution >= 4 is 15.9 Å². The Morgan fingerprint density at radius 3 is 2.73 bits per heavy atom. The van der Waals surface area contributed by atoms with Crippen LogP contribution in [0.2, 0.25) is 0 Å². The summed E-state index contributed by atoms with van der Waals surface area (Å²) in [6, 6.07) is -0.196. The average Bonchev–Trinajstić information content (AvgIpc) is 2.67. The molecule has 0 bridgehead atoms. The zero-order chi connectivity index (χ0) is 10.8. The summed E-state index contributed by atoms with van der Waals surface area (Å²) in [6.45, 7) is 1.84. The van der Waals surface area contributed by atoms with Crippen LogP contribution in [0.5, 0.6) is 0 Å². The van der Waals surface area contributed by atoms with Gasteiger partial charge in [-0.2, -0.15) is 9.78 Å². The van der Waals surface area contributed by atoms with E-state index in [4.69, 9.17) is 5.73 Å². The summed E-state index contributed by atoms with van der Waals surface area (Å²) in [6.07, 6.45) is 4.65. The van der Waals surface area contributed by atoms with Gasteiger partial charge in [0.15, 0.2) is 11.6 Å². The zero-order valence-electron chi connectivity index (χ0n) is 8.00. The highest BCUT2D eigenvalue weighted by Gasteiger charge is 2.11. The third-order valence-electron chi connectivity index (χ3n) is 1.81. The molecule has 2 rings (SSSR count). The van der Waals surface area contributed by atoms with Gasteiger partial charge < -0.3 is 5.73 Å². The van der Waals surface area contributed by atoms with Gasteiger partial charge in [0.05, 0.1) is 18.4 Å². The number of hydrogen-bond donors (Lipinski definition) is 1. The first-order chi connectivity index (χ1) is 7.18. The number of hydrogen-bond acceptors (Lipinski definition) is 5. The van der Waals surface area contributed by atoms with E-state index in [0.717, 1.165) is 0 Å². The lowest BCUT2D eigenvalue weighted by Gasteiger charge is -2.06. The highest BCUT2D eigenvalue weighted by molar-refractivity contribution is 9.10. The molecular formula is C8H9BrN6. The first kappa shape index (κ1) is 10.2. The first-order valence-electron chi connectivity index (χ1n) is 4.32. The van der Waals surface area contributed by atoms with Crippen molar-refractivity contribution in [1.29, 1.82) is 0 Å². The van der Waals surface area contributed by atoms with E-state index in [1.807, 2.05) is 6.92 Å². The molecule has 2 N–H and O–H groups in total. The fourth-order valence-corrected chi connectivity index (χ4v) is 1.36. The van der Waals surface area contributed by atoms with Gasteiger partial charge in [-0.1, -0.05) is 0 Å². The summed E-state index contributed by atoms with van der Waals surface area (Å²) in [5.74, 6) is 1.26. The maximum absolute atomic E-state index is 5.75. The molecular weight excluding hydrogens is 260 g/mol. The third kappa shape index (κ3) is 2.02. The molecule has 0 saturated carbocycles. The van der Waals surface area contributed by atoms with Crippen molar-refractivity contribution in [2.75, 3.05) is 0 Å². The summed E-state index contributed by atoms with van der Waals surface area (Å²) in [7, 11) is 0. The van der Waals surface area contributed by atoms with E-state index < -0.39 is 0 Å². The number of aromatic nitrogens is 5. The number of nitrogens with zero attached hydrogens (tertiary/aromatic N) is 5. The van der Waals surface area contributed by atoms with Gasteiger partial charge in [-0.15, -0.1) is 0 Å². The molecule has 0 saturated heterocycles. The molecule has 0 spiro atoms. The highest BCUT2D eigenvalue weighted by atomic mass is 79.9. The van der Waals surface area contributed by atoms with E-state index in [9.17, 15) is 0 Å². The average molecular weight is 269 g/mol. The number of halogens is 1. The minimum absolute atomic E-state index is 0.196. The van der Waals surface area contributed by atoms with Crippen LogP contribution < -0.4 is 5.73 Å². The molecule has 6 nitrogen and oxygen atoms in total. The van der Waals surface area contributed by atoms with E-state index in [1.54, 1.807) is 17.1 Å². The van der Waals surface area contributed by atoms with Crippen LogP contribution in [0, 0.1) is 0 Å². The van der Waals surface area contributed by atoms with Gasteiger partial charge in [0.1, 0.15) is 10.9 Å². The third-order valence-corrected chi connectivity index (χ3v) is 2.21. The zero-order valence-corrected chi connectivity index (χ0v) is 9.59. The molecule has 15 heavy (non-hydrogen) atoms. The quantitative estimate of drug-likeness (QED) is 0.873. The minimum atomic E-state index is -0.196. The Morgan fingerprint density at radius 2 is 2.13 bits per heavy atom. The Morgan fingerprint density at radius 1 is 1.33 bits per heavy atom. The highest BCUT2D eigenvalue weighted by Crippen LogP contribution is 2.11. The molecule has 0 fully saturated rings. The van der Waals surface area contributed by atoms with Gasteiger partial charge >= 0.3 is 0 Å². The van der Waals surface area contributed by atoms with Crippen molar-refractivity contribution in [3.63, 3.8) is 0 Å². The molecule has 2 aromatic rings. The second-order valence-electron chi connectivity index (χ2n) is 3.02. The van der Waals surface area contributed by atoms with Crippen LogP contribution in [-0.2, 0) is 0 Å². The Labute approximate surface area is 94.7 Å². The van der Waals surface area contributed by atoms with E-state index in [1.165, 1.54) is 6.33 Å². The normalized spacial score (nSPS) is 12.7. The lowest BCUT2D eigenvalue weighted by molar-refractivity contribution is 0.678. The smallest absolute Gasteiger partial charge is 0.174 e. The molecule has 0 unspecified atom stereocenters. The summed E-state index contributed by atoms with van der Waals surface area (Å²) >= 11 is 3.21. The van der Waals surface area contributed by atoms with Gasteiger partial charge in [0, 0.05) is 0 Å².